The van der Waals surface area contributed by atoms with E-state index in [9.17, 15) is 14.4 Å². The van der Waals surface area contributed by atoms with Crippen molar-refractivity contribution in [2.75, 3.05) is 19.5 Å². The molecule has 1 aliphatic heterocycles. The number of hydrogen-bond donors (Lipinski definition) is 1. The van der Waals surface area contributed by atoms with Gasteiger partial charge in [0.1, 0.15) is 0 Å². The maximum Gasteiger partial charge on any atom is 0.350 e. The van der Waals surface area contributed by atoms with E-state index >= 15 is 0 Å². The number of ether oxygens (including phenoxy) is 4. The van der Waals surface area contributed by atoms with Crippen molar-refractivity contribution >= 4 is 23.4 Å². The Kier molecular flexibility index (Phi) is 5.77. The Morgan fingerprint density at radius 2 is 1.57 bits per heavy atom. The molecule has 8 heteroatoms. The van der Waals surface area contributed by atoms with E-state index in [-0.39, 0.29) is 11.4 Å². The summed E-state index contributed by atoms with van der Waals surface area (Å²) in [5.74, 6) is -2.16. The molecule has 0 unspecified atom stereocenters. The van der Waals surface area contributed by atoms with E-state index in [1.54, 1.807) is 42.5 Å². The predicted octanol–water partition coefficient (Wildman–Crippen LogP) is 3.07. The van der Waals surface area contributed by atoms with E-state index in [0.717, 1.165) is 0 Å². The van der Waals surface area contributed by atoms with Gasteiger partial charge in [-0.05, 0) is 30.3 Å². The number of nitrogens with one attached hydrogen (secondary N) is 1. The first-order valence-electron chi connectivity index (χ1n) is 9.04. The van der Waals surface area contributed by atoms with E-state index in [2.05, 4.69) is 5.32 Å². The smallest absolute Gasteiger partial charge is 0.350 e. The molecule has 1 heterocycles. The van der Waals surface area contributed by atoms with Crippen LogP contribution in [-0.4, -0.2) is 37.7 Å². The van der Waals surface area contributed by atoms with Gasteiger partial charge >= 0.3 is 11.9 Å². The van der Waals surface area contributed by atoms with Gasteiger partial charge in [-0.3, -0.25) is 4.79 Å². The summed E-state index contributed by atoms with van der Waals surface area (Å²) < 4.78 is 20.5. The lowest BCUT2D eigenvalue weighted by atomic mass is 10.0. The molecule has 2 aromatic carbocycles. The van der Waals surface area contributed by atoms with Gasteiger partial charge in [0.2, 0.25) is 0 Å². The molecule has 0 spiro atoms. The van der Waals surface area contributed by atoms with Crippen molar-refractivity contribution in [3.05, 3.63) is 65.4 Å². The Morgan fingerprint density at radius 3 is 2.20 bits per heavy atom. The first kappa shape index (κ1) is 20.9. The fraction of sp³-hybridized carbons (Fsp3) is 0.227. The number of carbonyl (C=O) groups excluding carboxylic acids is 3. The summed E-state index contributed by atoms with van der Waals surface area (Å²) in [4.78, 5) is 36.9. The highest BCUT2D eigenvalue weighted by Gasteiger charge is 2.38. The van der Waals surface area contributed by atoms with E-state index < -0.39 is 17.7 Å². The van der Waals surface area contributed by atoms with Gasteiger partial charge in [-0.2, -0.15) is 0 Å². The molecule has 0 aromatic heterocycles. The zero-order chi connectivity index (χ0) is 21.9. The van der Waals surface area contributed by atoms with Gasteiger partial charge in [0.25, 0.3) is 5.79 Å². The zero-order valence-corrected chi connectivity index (χ0v) is 17.0. The maximum absolute atomic E-state index is 12.9. The Labute approximate surface area is 173 Å². The summed E-state index contributed by atoms with van der Waals surface area (Å²) in [6, 6.07) is 11.5. The Morgan fingerprint density at radius 1 is 0.933 bits per heavy atom. The number of rotatable bonds is 6. The summed E-state index contributed by atoms with van der Waals surface area (Å²) in [5, 5.41) is 2.83. The molecular weight excluding hydrogens is 390 g/mol. The molecule has 0 bridgehead atoms. The topological polar surface area (TPSA) is 100 Å². The third kappa shape index (κ3) is 4.43. The zero-order valence-electron chi connectivity index (χ0n) is 17.0. The van der Waals surface area contributed by atoms with Crippen molar-refractivity contribution in [2.24, 2.45) is 0 Å². The highest BCUT2D eigenvalue weighted by molar-refractivity contribution is 6.15. The molecule has 0 atom stereocenters. The molecule has 0 amide bonds. The van der Waals surface area contributed by atoms with Crippen LogP contribution in [0.1, 0.15) is 29.8 Å². The number of carbonyl (C=O) groups is 3. The number of cyclic esters (lactones) is 2. The minimum Gasteiger partial charge on any atom is -0.493 e. The third-order valence-corrected chi connectivity index (χ3v) is 4.27. The minimum absolute atomic E-state index is 0.231. The lowest BCUT2D eigenvalue weighted by Crippen LogP contribution is -2.42. The van der Waals surface area contributed by atoms with Crippen molar-refractivity contribution in [3.63, 3.8) is 0 Å². The van der Waals surface area contributed by atoms with Gasteiger partial charge in [-0.15, -0.1) is 0 Å². The summed E-state index contributed by atoms with van der Waals surface area (Å²) in [5.41, 5.74) is 1.05. The van der Waals surface area contributed by atoms with Gasteiger partial charge in [-0.25, -0.2) is 9.59 Å². The van der Waals surface area contributed by atoms with E-state index in [1.807, 2.05) is 0 Å². The van der Waals surface area contributed by atoms with Crippen LogP contribution in [0.5, 0.6) is 11.5 Å². The number of ketones is 1. The second-order valence-corrected chi connectivity index (χ2v) is 6.86. The molecule has 3 rings (SSSR count). The van der Waals surface area contributed by atoms with E-state index in [0.29, 0.717) is 28.3 Å². The second-order valence-electron chi connectivity index (χ2n) is 6.86. The van der Waals surface area contributed by atoms with Gasteiger partial charge < -0.3 is 24.3 Å². The first-order chi connectivity index (χ1) is 14.2. The number of methoxy groups -OCH3 is 2. The van der Waals surface area contributed by atoms with Crippen LogP contribution in [0.2, 0.25) is 0 Å². The number of esters is 2. The number of benzene rings is 2. The van der Waals surface area contributed by atoms with Crippen LogP contribution in [0.3, 0.4) is 0 Å². The normalized spacial score (nSPS) is 15.0. The average Bonchev–Trinajstić information content (AvgIpc) is 2.71. The molecule has 1 aliphatic rings. The molecule has 30 heavy (non-hydrogen) atoms. The largest absolute Gasteiger partial charge is 0.493 e. The molecule has 1 saturated heterocycles. The van der Waals surface area contributed by atoms with Crippen molar-refractivity contribution in [3.8, 4) is 11.5 Å². The highest BCUT2D eigenvalue weighted by Crippen LogP contribution is 2.29. The van der Waals surface area contributed by atoms with Crippen molar-refractivity contribution < 1.29 is 33.3 Å². The maximum atomic E-state index is 12.9. The highest BCUT2D eigenvalue weighted by atomic mass is 16.7. The summed E-state index contributed by atoms with van der Waals surface area (Å²) >= 11 is 0. The molecule has 0 saturated carbocycles. The molecule has 0 radical (unpaired) electrons. The first-order valence-corrected chi connectivity index (χ1v) is 9.04. The SMILES string of the molecule is COc1ccc(C(=O)c2cccc(NC=C3C(=O)OC(C)(C)OC3=O)c2)cc1OC. The molecular formula is C22H21NO7. The number of anilines is 1. The van der Waals surface area contributed by atoms with Crippen LogP contribution in [0.4, 0.5) is 5.69 Å². The van der Waals surface area contributed by atoms with Crippen LogP contribution >= 0.6 is 0 Å². The molecule has 1 N–H and O–H groups in total. The fourth-order valence-electron chi connectivity index (χ4n) is 2.83. The predicted molar refractivity (Wildman–Crippen MR) is 107 cm³/mol. The minimum atomic E-state index is -1.31. The monoisotopic (exact) mass is 411 g/mol. The van der Waals surface area contributed by atoms with Crippen molar-refractivity contribution in [2.45, 2.75) is 19.6 Å². The molecule has 1 fully saturated rings. The molecule has 8 nitrogen and oxygen atoms in total. The van der Waals surface area contributed by atoms with E-state index in [1.165, 1.54) is 34.3 Å². The quantitative estimate of drug-likeness (QED) is 0.335. The summed E-state index contributed by atoms with van der Waals surface area (Å²) in [6.45, 7) is 2.94. The lowest BCUT2D eigenvalue weighted by molar-refractivity contribution is -0.222. The third-order valence-electron chi connectivity index (χ3n) is 4.27. The fourth-order valence-corrected chi connectivity index (χ4v) is 2.83. The van der Waals surface area contributed by atoms with Crippen LogP contribution in [0, 0.1) is 0 Å². The van der Waals surface area contributed by atoms with Crippen LogP contribution < -0.4 is 14.8 Å². The Balaban J connectivity index is 1.81. The van der Waals surface area contributed by atoms with Crippen LogP contribution in [0.15, 0.2) is 54.2 Å². The van der Waals surface area contributed by atoms with Gasteiger partial charge in [0.15, 0.2) is 22.9 Å². The standard InChI is InChI=1S/C22H21NO7/c1-22(2)29-20(25)16(21(26)30-22)12-23-15-7-5-6-13(10-15)19(24)14-8-9-17(27-3)18(11-14)28-4/h5-12,23H,1-4H3. The van der Waals surface area contributed by atoms with Gasteiger partial charge in [0, 0.05) is 36.9 Å². The average molecular weight is 411 g/mol. The van der Waals surface area contributed by atoms with Crippen LogP contribution in [-0.2, 0) is 19.1 Å². The van der Waals surface area contributed by atoms with Crippen molar-refractivity contribution in [1.29, 1.82) is 0 Å². The van der Waals surface area contributed by atoms with Crippen molar-refractivity contribution in [1.82, 2.24) is 0 Å². The Hall–Kier alpha value is -3.81. The summed E-state index contributed by atoms with van der Waals surface area (Å²) in [6.07, 6.45) is 1.19. The number of hydrogen-bond acceptors (Lipinski definition) is 8. The van der Waals surface area contributed by atoms with E-state index in [4.69, 9.17) is 18.9 Å². The lowest BCUT2D eigenvalue weighted by Gasteiger charge is -2.29. The molecule has 156 valence electrons. The molecule has 0 aliphatic carbocycles. The van der Waals surface area contributed by atoms with Gasteiger partial charge in [0.05, 0.1) is 14.2 Å². The second kappa shape index (κ2) is 8.28. The van der Waals surface area contributed by atoms with Gasteiger partial charge in [-0.1, -0.05) is 12.1 Å². The molecule has 2 aromatic rings. The van der Waals surface area contributed by atoms with Crippen LogP contribution in [0.25, 0.3) is 0 Å². The Bertz CT molecular complexity index is 1020. The summed E-state index contributed by atoms with van der Waals surface area (Å²) in [7, 11) is 3.01.